The van der Waals surface area contributed by atoms with Crippen LogP contribution in [0.15, 0.2) is 12.3 Å². The van der Waals surface area contributed by atoms with Gasteiger partial charge in [0, 0.05) is 31.4 Å². The van der Waals surface area contributed by atoms with Crippen molar-refractivity contribution in [2.24, 2.45) is 0 Å². The van der Waals surface area contributed by atoms with Crippen molar-refractivity contribution in [3.63, 3.8) is 0 Å². The molecule has 1 rings (SSSR count). The van der Waals surface area contributed by atoms with Crippen molar-refractivity contribution in [2.75, 3.05) is 34.8 Å². The number of esters is 1. The monoisotopic (exact) mass is 226 g/mol. The minimum atomic E-state index is -0.306. The zero-order chi connectivity index (χ0) is 12.2. The van der Waals surface area contributed by atoms with Gasteiger partial charge < -0.3 is 14.5 Å². The molecule has 1 aliphatic rings. The Kier molecular flexibility index (Phi) is 4.35. The average Bonchev–Trinajstić information content (AvgIpc) is 2.19. The molecule has 0 aromatic carbocycles. The van der Waals surface area contributed by atoms with E-state index in [0.29, 0.717) is 0 Å². The molecule has 0 atom stereocenters. The molecule has 0 aromatic heterocycles. The summed E-state index contributed by atoms with van der Waals surface area (Å²) in [5.74, 6) is -0.306. The van der Waals surface area contributed by atoms with Gasteiger partial charge in [-0.1, -0.05) is 0 Å². The number of methoxy groups -OCH3 is 1. The minimum Gasteiger partial charge on any atom is -0.466 e. The van der Waals surface area contributed by atoms with Gasteiger partial charge in [-0.2, -0.15) is 0 Å². The maximum Gasteiger partial charge on any atom is 0.331 e. The molecule has 92 valence electrons. The lowest BCUT2D eigenvalue weighted by Gasteiger charge is -2.49. The lowest BCUT2D eigenvalue weighted by atomic mass is 9.75. The van der Waals surface area contributed by atoms with Crippen LogP contribution < -0.4 is 0 Å². The van der Waals surface area contributed by atoms with Crippen LogP contribution >= 0.6 is 0 Å². The van der Waals surface area contributed by atoms with Gasteiger partial charge in [0.25, 0.3) is 0 Å². The zero-order valence-corrected chi connectivity index (χ0v) is 10.7. The first-order valence-corrected chi connectivity index (χ1v) is 5.64. The normalized spacial score (nSPS) is 18.6. The summed E-state index contributed by atoms with van der Waals surface area (Å²) in [6, 6.07) is 0. The Morgan fingerprint density at radius 3 is 2.38 bits per heavy atom. The van der Waals surface area contributed by atoms with Gasteiger partial charge in [-0.25, -0.2) is 4.79 Å². The molecule has 1 aliphatic carbocycles. The van der Waals surface area contributed by atoms with E-state index in [1.807, 2.05) is 7.05 Å². The van der Waals surface area contributed by atoms with Gasteiger partial charge in [0.1, 0.15) is 0 Å². The van der Waals surface area contributed by atoms with Crippen molar-refractivity contribution in [2.45, 2.75) is 24.8 Å². The molecule has 4 nitrogen and oxygen atoms in total. The highest BCUT2D eigenvalue weighted by molar-refractivity contribution is 5.81. The van der Waals surface area contributed by atoms with E-state index in [4.69, 9.17) is 0 Å². The molecule has 0 aliphatic heterocycles. The molecule has 1 fully saturated rings. The van der Waals surface area contributed by atoms with Crippen molar-refractivity contribution in [3.8, 4) is 0 Å². The Morgan fingerprint density at radius 1 is 1.38 bits per heavy atom. The highest BCUT2D eigenvalue weighted by Crippen LogP contribution is 2.36. The van der Waals surface area contributed by atoms with Crippen LogP contribution in [0.25, 0.3) is 0 Å². The maximum absolute atomic E-state index is 11.0. The van der Waals surface area contributed by atoms with E-state index in [0.717, 1.165) is 6.54 Å². The molecule has 0 saturated heterocycles. The zero-order valence-electron chi connectivity index (χ0n) is 10.7. The van der Waals surface area contributed by atoms with Crippen LogP contribution in [0, 0.1) is 0 Å². The first-order chi connectivity index (χ1) is 7.50. The van der Waals surface area contributed by atoms with Crippen LogP contribution in [0.5, 0.6) is 0 Å². The summed E-state index contributed by atoms with van der Waals surface area (Å²) in [5, 5.41) is 0. The minimum absolute atomic E-state index is 0.287. The second-order valence-electron chi connectivity index (χ2n) is 4.73. The molecular formula is C12H22N2O2. The van der Waals surface area contributed by atoms with Crippen LogP contribution in [0.3, 0.4) is 0 Å². The predicted octanol–water partition coefficient (Wildman–Crippen LogP) is 1.09. The van der Waals surface area contributed by atoms with E-state index in [2.05, 4.69) is 28.6 Å². The van der Waals surface area contributed by atoms with E-state index in [1.54, 1.807) is 6.20 Å². The summed E-state index contributed by atoms with van der Waals surface area (Å²) >= 11 is 0. The van der Waals surface area contributed by atoms with Gasteiger partial charge in [-0.3, -0.25) is 0 Å². The van der Waals surface area contributed by atoms with Crippen molar-refractivity contribution >= 4 is 5.97 Å². The van der Waals surface area contributed by atoms with E-state index in [9.17, 15) is 4.79 Å². The summed E-state index contributed by atoms with van der Waals surface area (Å²) in [5.41, 5.74) is 0.287. The van der Waals surface area contributed by atoms with Gasteiger partial charge >= 0.3 is 5.97 Å². The molecule has 0 spiro atoms. The quantitative estimate of drug-likeness (QED) is 0.519. The Labute approximate surface area is 97.9 Å². The number of nitrogens with zero attached hydrogens (tertiary/aromatic N) is 2. The summed E-state index contributed by atoms with van der Waals surface area (Å²) in [6.07, 6.45) is 7.01. The fourth-order valence-electron chi connectivity index (χ4n) is 2.10. The standard InChI is InChI=1S/C12H22N2O2/c1-13(2)12(7-5-8-12)10-14(3)9-6-11(15)16-4/h6,9H,5,7-8,10H2,1-4H3/b9-6+. The number of rotatable bonds is 5. The third-order valence-electron chi connectivity index (χ3n) is 3.44. The number of carbonyl (C=O) groups is 1. The van der Waals surface area contributed by atoms with E-state index < -0.39 is 0 Å². The molecule has 0 heterocycles. The first kappa shape index (κ1) is 13.0. The molecule has 1 saturated carbocycles. The lowest BCUT2D eigenvalue weighted by Crippen LogP contribution is -2.55. The van der Waals surface area contributed by atoms with E-state index in [-0.39, 0.29) is 11.5 Å². The number of hydrogen-bond acceptors (Lipinski definition) is 4. The van der Waals surface area contributed by atoms with Gasteiger partial charge in [0.05, 0.1) is 7.11 Å². The predicted molar refractivity (Wildman–Crippen MR) is 64.1 cm³/mol. The van der Waals surface area contributed by atoms with Crippen molar-refractivity contribution in [1.82, 2.24) is 9.80 Å². The maximum atomic E-state index is 11.0. The summed E-state index contributed by atoms with van der Waals surface area (Å²) in [4.78, 5) is 15.3. The van der Waals surface area contributed by atoms with Crippen LogP contribution in [0.4, 0.5) is 0 Å². The number of carbonyl (C=O) groups excluding carboxylic acids is 1. The molecule has 0 radical (unpaired) electrons. The molecule has 0 N–H and O–H groups in total. The van der Waals surface area contributed by atoms with Gasteiger partial charge in [-0.15, -0.1) is 0 Å². The molecular weight excluding hydrogens is 204 g/mol. The van der Waals surface area contributed by atoms with Gasteiger partial charge in [-0.05, 0) is 33.4 Å². The third kappa shape index (κ3) is 2.98. The third-order valence-corrected chi connectivity index (χ3v) is 3.44. The Hall–Kier alpha value is -1.03. The summed E-state index contributed by atoms with van der Waals surface area (Å²) in [7, 11) is 7.62. The lowest BCUT2D eigenvalue weighted by molar-refractivity contribution is -0.134. The molecule has 0 amide bonds. The van der Waals surface area contributed by atoms with Crippen LogP contribution in [-0.2, 0) is 9.53 Å². The highest BCUT2D eigenvalue weighted by atomic mass is 16.5. The van der Waals surface area contributed by atoms with E-state index in [1.165, 1.54) is 32.4 Å². The largest absolute Gasteiger partial charge is 0.466 e. The summed E-state index contributed by atoms with van der Waals surface area (Å²) < 4.78 is 4.56. The van der Waals surface area contributed by atoms with Crippen molar-refractivity contribution in [1.29, 1.82) is 0 Å². The van der Waals surface area contributed by atoms with Gasteiger partial charge in [0.2, 0.25) is 0 Å². The van der Waals surface area contributed by atoms with Crippen LogP contribution in [0.2, 0.25) is 0 Å². The average molecular weight is 226 g/mol. The molecule has 0 unspecified atom stereocenters. The van der Waals surface area contributed by atoms with E-state index >= 15 is 0 Å². The fraction of sp³-hybridized carbons (Fsp3) is 0.750. The molecule has 0 aromatic rings. The Balaban J connectivity index is 2.47. The highest BCUT2D eigenvalue weighted by Gasteiger charge is 2.39. The van der Waals surface area contributed by atoms with Crippen molar-refractivity contribution in [3.05, 3.63) is 12.3 Å². The topological polar surface area (TPSA) is 32.8 Å². The number of likely N-dealkylation sites (N-methyl/N-ethyl adjacent to an activating group) is 2. The van der Waals surface area contributed by atoms with Crippen LogP contribution in [0.1, 0.15) is 19.3 Å². The number of hydrogen-bond donors (Lipinski definition) is 0. The second kappa shape index (κ2) is 5.34. The smallest absolute Gasteiger partial charge is 0.331 e. The first-order valence-electron chi connectivity index (χ1n) is 5.64. The second-order valence-corrected chi connectivity index (χ2v) is 4.73. The number of ether oxygens (including phenoxy) is 1. The van der Waals surface area contributed by atoms with Crippen molar-refractivity contribution < 1.29 is 9.53 Å². The summed E-state index contributed by atoms with van der Waals surface area (Å²) in [6.45, 7) is 0.952. The van der Waals surface area contributed by atoms with Gasteiger partial charge in [0.15, 0.2) is 0 Å². The molecule has 16 heavy (non-hydrogen) atoms. The Bertz CT molecular complexity index is 270. The molecule has 4 heteroatoms. The molecule has 0 bridgehead atoms. The fourth-order valence-corrected chi connectivity index (χ4v) is 2.10. The Morgan fingerprint density at radius 2 is 2.00 bits per heavy atom. The SMILES string of the molecule is COC(=O)/C=C/N(C)CC1(N(C)C)CCC1. The van der Waals surface area contributed by atoms with Crippen LogP contribution in [-0.4, -0.2) is 56.1 Å².